The number of halogens is 1. The number of nitrogens with one attached hydrogen (secondary N) is 3. The van der Waals surface area contributed by atoms with E-state index in [9.17, 15) is 13.2 Å². The highest BCUT2D eigenvalue weighted by Crippen LogP contribution is 2.45. The van der Waals surface area contributed by atoms with Crippen LogP contribution in [-0.4, -0.2) is 53.8 Å². The number of fused-ring (bicyclic) bond motifs is 1. The van der Waals surface area contributed by atoms with Crippen molar-refractivity contribution in [2.45, 2.75) is 19.4 Å². The fourth-order valence-electron chi connectivity index (χ4n) is 2.62. The third kappa shape index (κ3) is 3.96. The molecule has 1 aromatic carbocycles. The first-order valence-corrected chi connectivity index (χ1v) is 9.75. The first kappa shape index (κ1) is 20.5. The largest absolute Gasteiger partial charge is 0.357 e. The lowest BCUT2D eigenvalue weighted by molar-refractivity contribution is -0.119. The standard InChI is InChI=1S/C14H22ClN5O5S/c1-7-5-8-11(18-14(25-3)13(17-8)24-2)12(10(7)15)20(26(4,22)23)6-9(21)19-16/h5,13-14,17-18H,6,16H2,1-4H3,(H,19,21). The average Bonchev–Trinajstić information content (AvgIpc) is 2.59. The van der Waals surface area contributed by atoms with E-state index in [1.807, 2.05) is 5.43 Å². The zero-order valence-electron chi connectivity index (χ0n) is 14.8. The fraction of sp³-hybridized carbons (Fsp3) is 0.500. The number of hydrazine groups is 1. The van der Waals surface area contributed by atoms with E-state index < -0.39 is 34.9 Å². The molecule has 0 fully saturated rings. The molecule has 2 rings (SSSR count). The van der Waals surface area contributed by atoms with Gasteiger partial charge in [-0.05, 0) is 18.6 Å². The summed E-state index contributed by atoms with van der Waals surface area (Å²) in [6.07, 6.45) is -0.154. The van der Waals surface area contributed by atoms with Crippen LogP contribution in [0.4, 0.5) is 17.1 Å². The van der Waals surface area contributed by atoms with Crippen molar-refractivity contribution in [3.8, 4) is 0 Å². The maximum atomic E-state index is 12.3. The number of hydrogen-bond donors (Lipinski definition) is 4. The topological polar surface area (TPSA) is 135 Å². The molecule has 0 saturated heterocycles. The van der Waals surface area contributed by atoms with Crippen molar-refractivity contribution in [2.24, 2.45) is 5.84 Å². The summed E-state index contributed by atoms with van der Waals surface area (Å²) in [5.74, 6) is 4.42. The molecule has 1 heterocycles. The summed E-state index contributed by atoms with van der Waals surface area (Å²) in [5, 5.41) is 6.36. The number of methoxy groups -OCH3 is 2. The number of nitrogens with two attached hydrogens (primary N) is 1. The zero-order valence-corrected chi connectivity index (χ0v) is 16.4. The number of carbonyl (C=O) groups excluding carboxylic acids is 1. The number of benzene rings is 1. The number of amides is 1. The Morgan fingerprint density at radius 1 is 1.35 bits per heavy atom. The van der Waals surface area contributed by atoms with Crippen molar-refractivity contribution in [1.29, 1.82) is 0 Å². The molecule has 0 radical (unpaired) electrons. The molecule has 1 amide bonds. The normalized spacial score (nSPS) is 19.2. The van der Waals surface area contributed by atoms with Crippen LogP contribution in [0, 0.1) is 6.92 Å². The van der Waals surface area contributed by atoms with E-state index in [1.54, 1.807) is 13.0 Å². The number of rotatable bonds is 6. The first-order chi connectivity index (χ1) is 12.1. The van der Waals surface area contributed by atoms with Crippen LogP contribution in [0.25, 0.3) is 0 Å². The summed E-state index contributed by atoms with van der Waals surface area (Å²) >= 11 is 6.41. The van der Waals surface area contributed by atoms with Crippen molar-refractivity contribution in [3.63, 3.8) is 0 Å². The number of carbonyl (C=O) groups is 1. The van der Waals surface area contributed by atoms with Gasteiger partial charge in [-0.25, -0.2) is 14.3 Å². The maximum Gasteiger partial charge on any atom is 0.254 e. The molecule has 26 heavy (non-hydrogen) atoms. The highest BCUT2D eigenvalue weighted by Gasteiger charge is 2.34. The number of ether oxygens (including phenoxy) is 2. The maximum absolute atomic E-state index is 12.3. The van der Waals surface area contributed by atoms with Gasteiger partial charge in [-0.3, -0.25) is 14.5 Å². The van der Waals surface area contributed by atoms with E-state index in [0.717, 1.165) is 10.6 Å². The quantitative estimate of drug-likeness (QED) is 0.298. The molecule has 1 aromatic rings. The van der Waals surface area contributed by atoms with Gasteiger partial charge < -0.3 is 20.1 Å². The van der Waals surface area contributed by atoms with E-state index in [2.05, 4.69) is 10.6 Å². The number of aryl methyl sites for hydroxylation is 1. The van der Waals surface area contributed by atoms with Crippen LogP contribution in [0.5, 0.6) is 0 Å². The molecule has 0 saturated carbocycles. The van der Waals surface area contributed by atoms with Crippen molar-refractivity contribution in [1.82, 2.24) is 5.43 Å². The minimum absolute atomic E-state index is 0.122. The van der Waals surface area contributed by atoms with Gasteiger partial charge in [0, 0.05) is 14.2 Å². The van der Waals surface area contributed by atoms with Gasteiger partial charge in [0.05, 0.1) is 28.3 Å². The fourth-order valence-corrected chi connectivity index (χ4v) is 3.79. The van der Waals surface area contributed by atoms with Crippen molar-refractivity contribution in [3.05, 3.63) is 16.7 Å². The predicted octanol–water partition coefficient (Wildman–Crippen LogP) is 0.187. The van der Waals surface area contributed by atoms with E-state index >= 15 is 0 Å². The van der Waals surface area contributed by atoms with Crippen molar-refractivity contribution in [2.75, 3.05) is 42.0 Å². The molecule has 1 aliphatic rings. The molecular formula is C14H22ClN5O5S. The number of nitrogens with zero attached hydrogens (tertiary/aromatic N) is 1. The van der Waals surface area contributed by atoms with Gasteiger partial charge in [-0.1, -0.05) is 11.6 Å². The third-order valence-corrected chi connectivity index (χ3v) is 5.48. The monoisotopic (exact) mass is 407 g/mol. The Bertz CT molecular complexity index is 803. The molecule has 0 aromatic heterocycles. The van der Waals surface area contributed by atoms with Gasteiger partial charge >= 0.3 is 0 Å². The Morgan fingerprint density at radius 2 is 1.92 bits per heavy atom. The van der Waals surface area contributed by atoms with E-state index in [0.29, 0.717) is 16.9 Å². The van der Waals surface area contributed by atoms with Gasteiger partial charge in [0.15, 0.2) is 12.5 Å². The molecule has 2 unspecified atom stereocenters. The summed E-state index contributed by atoms with van der Waals surface area (Å²) in [5.41, 5.74) is 3.58. The molecule has 0 bridgehead atoms. The van der Waals surface area contributed by atoms with Gasteiger partial charge in [0.25, 0.3) is 5.91 Å². The first-order valence-electron chi connectivity index (χ1n) is 7.53. The lowest BCUT2D eigenvalue weighted by atomic mass is 10.1. The van der Waals surface area contributed by atoms with Crippen LogP contribution >= 0.6 is 11.6 Å². The third-order valence-electron chi connectivity index (χ3n) is 3.89. The second kappa shape index (κ2) is 7.84. The minimum atomic E-state index is -3.85. The van der Waals surface area contributed by atoms with Crippen LogP contribution in [0.15, 0.2) is 6.07 Å². The summed E-state index contributed by atoms with van der Waals surface area (Å²) in [6, 6.07) is 1.75. The lowest BCUT2D eigenvalue weighted by Gasteiger charge is -2.37. The SMILES string of the molecule is COC1Nc2cc(C)c(Cl)c(N(CC(=O)NN)S(C)(=O)=O)c2NC1OC. The summed E-state index contributed by atoms with van der Waals surface area (Å²) in [7, 11) is -0.864. The highest BCUT2D eigenvalue weighted by atomic mass is 35.5. The molecule has 12 heteroatoms. The van der Waals surface area contributed by atoms with Crippen LogP contribution in [-0.2, 0) is 24.3 Å². The molecule has 146 valence electrons. The average molecular weight is 408 g/mol. The van der Waals surface area contributed by atoms with Gasteiger partial charge in [-0.15, -0.1) is 0 Å². The second-order valence-electron chi connectivity index (χ2n) is 5.72. The second-order valence-corrected chi connectivity index (χ2v) is 8.00. The predicted molar refractivity (Wildman–Crippen MR) is 99.5 cm³/mol. The lowest BCUT2D eigenvalue weighted by Crippen LogP contribution is -2.47. The van der Waals surface area contributed by atoms with E-state index in [4.69, 9.17) is 26.9 Å². The molecule has 0 spiro atoms. The Kier molecular flexibility index (Phi) is 6.19. The zero-order chi connectivity index (χ0) is 19.6. The van der Waals surface area contributed by atoms with Gasteiger partial charge in [0.2, 0.25) is 10.0 Å². The summed E-state index contributed by atoms with van der Waals surface area (Å²) in [4.78, 5) is 11.8. The van der Waals surface area contributed by atoms with Gasteiger partial charge in [0.1, 0.15) is 6.54 Å². The van der Waals surface area contributed by atoms with Crippen molar-refractivity contribution >= 4 is 44.6 Å². The van der Waals surface area contributed by atoms with Crippen LogP contribution in [0.1, 0.15) is 5.56 Å². The molecule has 0 aliphatic carbocycles. The molecule has 5 N–H and O–H groups in total. The Labute approximate surface area is 157 Å². The van der Waals surface area contributed by atoms with Crippen LogP contribution in [0.2, 0.25) is 5.02 Å². The molecule has 10 nitrogen and oxygen atoms in total. The Balaban J connectivity index is 2.67. The van der Waals surface area contributed by atoms with E-state index in [-0.39, 0.29) is 10.7 Å². The van der Waals surface area contributed by atoms with Crippen LogP contribution < -0.4 is 26.2 Å². The molecular weight excluding hydrogens is 386 g/mol. The number of sulfonamides is 1. The van der Waals surface area contributed by atoms with Gasteiger partial charge in [-0.2, -0.15) is 0 Å². The molecule has 2 atom stereocenters. The highest BCUT2D eigenvalue weighted by molar-refractivity contribution is 7.92. The number of anilines is 3. The Hall–Kier alpha value is -1.79. The summed E-state index contributed by atoms with van der Waals surface area (Å²) < 4.78 is 36.2. The van der Waals surface area contributed by atoms with E-state index in [1.165, 1.54) is 14.2 Å². The summed E-state index contributed by atoms with van der Waals surface area (Å²) in [6.45, 7) is 1.19. The smallest absolute Gasteiger partial charge is 0.254 e. The van der Waals surface area contributed by atoms with Crippen LogP contribution in [0.3, 0.4) is 0 Å². The number of hydrogen-bond acceptors (Lipinski definition) is 8. The minimum Gasteiger partial charge on any atom is -0.357 e. The van der Waals surface area contributed by atoms with Crippen molar-refractivity contribution < 1.29 is 22.7 Å². The molecule has 1 aliphatic heterocycles. The Morgan fingerprint density at radius 3 is 2.42 bits per heavy atom.